The Morgan fingerprint density at radius 2 is 2.00 bits per heavy atom. The van der Waals surface area contributed by atoms with Gasteiger partial charge in [0.25, 0.3) is 5.69 Å². The summed E-state index contributed by atoms with van der Waals surface area (Å²) in [5, 5.41) is 14.0. The number of nitrogens with zero attached hydrogens (tertiary/aromatic N) is 2. The van der Waals surface area contributed by atoms with Crippen LogP contribution in [-0.4, -0.2) is 30.0 Å². The van der Waals surface area contributed by atoms with Crippen LogP contribution in [0.2, 0.25) is 0 Å². The number of hydrogen-bond acceptors (Lipinski definition) is 4. The largest absolute Gasteiger partial charge is 0.388 e. The first kappa shape index (κ1) is 13.8. The van der Waals surface area contributed by atoms with Gasteiger partial charge in [0, 0.05) is 44.5 Å². The van der Waals surface area contributed by atoms with Crippen LogP contribution in [0.3, 0.4) is 0 Å². The Kier molecular flexibility index (Phi) is 4.04. The lowest BCUT2D eigenvalue weighted by Crippen LogP contribution is -2.20. The molecule has 1 aromatic rings. The first-order valence-electron chi connectivity index (χ1n) is 6.68. The lowest BCUT2D eigenvalue weighted by Gasteiger charge is -2.17. The van der Waals surface area contributed by atoms with Gasteiger partial charge >= 0.3 is 0 Å². The normalized spacial score (nSPS) is 23.5. The van der Waals surface area contributed by atoms with Crippen molar-refractivity contribution in [3.05, 3.63) is 33.9 Å². The van der Waals surface area contributed by atoms with E-state index in [9.17, 15) is 10.1 Å². The molecule has 5 heteroatoms. The molecule has 1 heterocycles. The Hall–Kier alpha value is -1.62. The van der Waals surface area contributed by atoms with Gasteiger partial charge in [0.15, 0.2) is 0 Å². The summed E-state index contributed by atoms with van der Waals surface area (Å²) in [6, 6.07) is 5.01. The summed E-state index contributed by atoms with van der Waals surface area (Å²) in [6.07, 6.45) is 0. The van der Waals surface area contributed by atoms with Crippen LogP contribution >= 0.6 is 0 Å². The summed E-state index contributed by atoms with van der Waals surface area (Å²) in [4.78, 5) is 12.9. The number of nitrogens with one attached hydrogen (secondary N) is 1. The molecule has 1 N–H and O–H groups in total. The molecule has 1 aliphatic heterocycles. The van der Waals surface area contributed by atoms with Gasteiger partial charge in [0.2, 0.25) is 0 Å². The predicted molar refractivity (Wildman–Crippen MR) is 76.2 cm³/mol. The van der Waals surface area contributed by atoms with Crippen molar-refractivity contribution in [3.8, 4) is 0 Å². The number of benzene rings is 1. The zero-order valence-corrected chi connectivity index (χ0v) is 11.7. The van der Waals surface area contributed by atoms with E-state index in [-0.39, 0.29) is 10.6 Å². The summed E-state index contributed by atoms with van der Waals surface area (Å²) in [5.41, 5.74) is 2.13. The van der Waals surface area contributed by atoms with E-state index in [0.29, 0.717) is 11.8 Å². The maximum Gasteiger partial charge on any atom is 0.269 e. The van der Waals surface area contributed by atoms with Gasteiger partial charge in [0.1, 0.15) is 0 Å². The Labute approximate surface area is 113 Å². The standard InChI is InChI=1S/C14H21N3O2/c1-10-7-16(8-11(10)2)9-12-6-13(17(18)19)4-5-14(12)15-3/h4-6,10-11,15H,7-9H2,1-3H3. The second kappa shape index (κ2) is 5.57. The molecule has 1 saturated heterocycles. The minimum absolute atomic E-state index is 0.161. The third-order valence-electron chi connectivity index (χ3n) is 4.03. The first-order valence-corrected chi connectivity index (χ1v) is 6.68. The molecule has 0 radical (unpaired) electrons. The van der Waals surface area contributed by atoms with E-state index in [0.717, 1.165) is 30.9 Å². The number of rotatable bonds is 4. The van der Waals surface area contributed by atoms with Crippen molar-refractivity contribution in [1.82, 2.24) is 4.90 Å². The lowest BCUT2D eigenvalue weighted by atomic mass is 10.0. The predicted octanol–water partition coefficient (Wildman–Crippen LogP) is 2.72. The maximum absolute atomic E-state index is 10.9. The maximum atomic E-state index is 10.9. The number of non-ortho nitro benzene ring substituents is 1. The zero-order valence-electron chi connectivity index (χ0n) is 11.7. The molecule has 0 amide bonds. The fourth-order valence-electron chi connectivity index (χ4n) is 2.69. The summed E-state index contributed by atoms with van der Waals surface area (Å²) < 4.78 is 0. The fraction of sp³-hybridized carbons (Fsp3) is 0.571. The Morgan fingerprint density at radius 3 is 2.53 bits per heavy atom. The second-order valence-corrected chi connectivity index (χ2v) is 5.50. The summed E-state index contributed by atoms with van der Waals surface area (Å²) in [6.45, 7) is 7.42. The van der Waals surface area contributed by atoms with Crippen LogP contribution in [0.1, 0.15) is 19.4 Å². The molecule has 1 aliphatic rings. The molecule has 1 aromatic carbocycles. The molecular weight excluding hydrogens is 242 g/mol. The van der Waals surface area contributed by atoms with E-state index in [1.54, 1.807) is 18.2 Å². The highest BCUT2D eigenvalue weighted by atomic mass is 16.6. The number of nitro groups is 1. The van der Waals surface area contributed by atoms with Gasteiger partial charge in [-0.05, 0) is 23.5 Å². The number of likely N-dealkylation sites (tertiary alicyclic amines) is 1. The van der Waals surface area contributed by atoms with Crippen molar-refractivity contribution in [2.45, 2.75) is 20.4 Å². The quantitative estimate of drug-likeness (QED) is 0.670. The van der Waals surface area contributed by atoms with Gasteiger partial charge < -0.3 is 5.32 Å². The van der Waals surface area contributed by atoms with Crippen LogP contribution in [0.5, 0.6) is 0 Å². The van der Waals surface area contributed by atoms with Crippen molar-refractivity contribution in [3.63, 3.8) is 0 Å². The minimum atomic E-state index is -0.335. The molecule has 0 bridgehead atoms. The highest BCUT2D eigenvalue weighted by molar-refractivity contribution is 5.55. The van der Waals surface area contributed by atoms with E-state index in [4.69, 9.17) is 0 Å². The van der Waals surface area contributed by atoms with Gasteiger partial charge in [-0.3, -0.25) is 15.0 Å². The van der Waals surface area contributed by atoms with E-state index in [1.165, 1.54) is 0 Å². The highest BCUT2D eigenvalue weighted by Gasteiger charge is 2.26. The van der Waals surface area contributed by atoms with Crippen molar-refractivity contribution in [1.29, 1.82) is 0 Å². The third kappa shape index (κ3) is 3.04. The SMILES string of the molecule is CNc1ccc([N+](=O)[O-])cc1CN1CC(C)C(C)C1. The van der Waals surface area contributed by atoms with Crippen LogP contribution in [0.25, 0.3) is 0 Å². The summed E-state index contributed by atoms with van der Waals surface area (Å²) in [7, 11) is 1.85. The van der Waals surface area contributed by atoms with Crippen LogP contribution in [0, 0.1) is 22.0 Å². The molecule has 0 saturated carbocycles. The third-order valence-corrected chi connectivity index (χ3v) is 4.03. The first-order chi connectivity index (χ1) is 9.01. The topological polar surface area (TPSA) is 58.4 Å². The van der Waals surface area contributed by atoms with Gasteiger partial charge in [-0.15, -0.1) is 0 Å². The van der Waals surface area contributed by atoms with Crippen LogP contribution in [0.4, 0.5) is 11.4 Å². The van der Waals surface area contributed by atoms with Crippen molar-refractivity contribution in [2.24, 2.45) is 11.8 Å². The molecule has 2 unspecified atom stereocenters. The van der Waals surface area contributed by atoms with Crippen LogP contribution in [0.15, 0.2) is 18.2 Å². The van der Waals surface area contributed by atoms with Crippen molar-refractivity contribution in [2.75, 3.05) is 25.5 Å². The summed E-state index contributed by atoms with van der Waals surface area (Å²) in [5.74, 6) is 1.38. The Balaban J connectivity index is 2.18. The lowest BCUT2D eigenvalue weighted by molar-refractivity contribution is -0.384. The highest BCUT2D eigenvalue weighted by Crippen LogP contribution is 2.28. The molecule has 104 valence electrons. The van der Waals surface area contributed by atoms with Crippen molar-refractivity contribution < 1.29 is 4.92 Å². The molecule has 19 heavy (non-hydrogen) atoms. The van der Waals surface area contributed by atoms with E-state index in [1.807, 2.05) is 7.05 Å². The van der Waals surface area contributed by atoms with Crippen LogP contribution < -0.4 is 5.32 Å². The van der Waals surface area contributed by atoms with Crippen LogP contribution in [-0.2, 0) is 6.54 Å². The molecule has 5 nitrogen and oxygen atoms in total. The molecule has 0 aromatic heterocycles. The fourth-order valence-corrected chi connectivity index (χ4v) is 2.69. The molecule has 0 aliphatic carbocycles. The number of nitro benzene ring substituents is 1. The monoisotopic (exact) mass is 263 g/mol. The van der Waals surface area contributed by atoms with E-state index < -0.39 is 0 Å². The Morgan fingerprint density at radius 1 is 1.37 bits per heavy atom. The van der Waals surface area contributed by atoms with Gasteiger partial charge in [0.05, 0.1) is 4.92 Å². The second-order valence-electron chi connectivity index (χ2n) is 5.50. The molecule has 2 atom stereocenters. The molecular formula is C14H21N3O2. The summed E-state index contributed by atoms with van der Waals surface area (Å²) >= 11 is 0. The Bertz CT molecular complexity index is 466. The average molecular weight is 263 g/mol. The van der Waals surface area contributed by atoms with E-state index in [2.05, 4.69) is 24.1 Å². The molecule has 1 fully saturated rings. The minimum Gasteiger partial charge on any atom is -0.388 e. The number of anilines is 1. The van der Waals surface area contributed by atoms with Gasteiger partial charge in [-0.1, -0.05) is 13.8 Å². The zero-order chi connectivity index (χ0) is 14.0. The van der Waals surface area contributed by atoms with Crippen molar-refractivity contribution >= 4 is 11.4 Å². The molecule has 2 rings (SSSR count). The van der Waals surface area contributed by atoms with Gasteiger partial charge in [-0.2, -0.15) is 0 Å². The average Bonchev–Trinajstić information content (AvgIpc) is 2.68. The number of hydrogen-bond donors (Lipinski definition) is 1. The van der Waals surface area contributed by atoms with Gasteiger partial charge in [-0.25, -0.2) is 0 Å². The molecule has 0 spiro atoms. The van der Waals surface area contributed by atoms with E-state index >= 15 is 0 Å². The smallest absolute Gasteiger partial charge is 0.269 e.